The van der Waals surface area contributed by atoms with Crippen molar-refractivity contribution in [2.45, 2.75) is 46.2 Å². The number of piperazine rings is 2. The van der Waals surface area contributed by atoms with E-state index in [-0.39, 0.29) is 5.91 Å². The van der Waals surface area contributed by atoms with Gasteiger partial charge in [0, 0.05) is 64.1 Å². The van der Waals surface area contributed by atoms with Gasteiger partial charge in [-0.1, -0.05) is 6.92 Å². The summed E-state index contributed by atoms with van der Waals surface area (Å²) in [6.45, 7) is 15.0. The lowest BCUT2D eigenvalue weighted by Gasteiger charge is -2.43. The van der Waals surface area contributed by atoms with E-state index in [2.05, 4.69) is 52.5 Å². The van der Waals surface area contributed by atoms with Crippen LogP contribution < -0.4 is 4.90 Å². The number of amides is 1. The average molecular weight is 375 g/mol. The van der Waals surface area contributed by atoms with Crippen molar-refractivity contribution >= 4 is 11.9 Å². The van der Waals surface area contributed by atoms with E-state index in [1.807, 2.05) is 11.8 Å². The van der Waals surface area contributed by atoms with Crippen LogP contribution in [0.25, 0.3) is 0 Å². The van der Waals surface area contributed by atoms with E-state index in [0.717, 1.165) is 63.9 Å². The van der Waals surface area contributed by atoms with E-state index in [9.17, 15) is 4.79 Å². The summed E-state index contributed by atoms with van der Waals surface area (Å²) >= 11 is 0. The van der Waals surface area contributed by atoms with Gasteiger partial charge in [0.15, 0.2) is 0 Å². The molecule has 0 saturated carbocycles. The number of carbonyl (C=O) groups is 1. The Morgan fingerprint density at radius 2 is 1.89 bits per heavy atom. The van der Waals surface area contributed by atoms with Gasteiger partial charge >= 0.3 is 0 Å². The molecule has 0 bridgehead atoms. The molecule has 3 heterocycles. The zero-order chi connectivity index (χ0) is 19.6. The smallest absolute Gasteiger partial charge is 0.257 e. The van der Waals surface area contributed by atoms with Gasteiger partial charge in [-0.3, -0.25) is 9.69 Å². The van der Waals surface area contributed by atoms with Gasteiger partial charge in [0.2, 0.25) is 5.95 Å². The van der Waals surface area contributed by atoms with Crippen molar-refractivity contribution in [3.05, 3.63) is 17.5 Å². The molecule has 0 aromatic carbocycles. The molecule has 0 spiro atoms. The van der Waals surface area contributed by atoms with Crippen LogP contribution in [0, 0.1) is 6.92 Å². The minimum absolute atomic E-state index is 0.0688. The van der Waals surface area contributed by atoms with Crippen molar-refractivity contribution in [2.75, 3.05) is 57.8 Å². The first kappa shape index (κ1) is 20.0. The van der Waals surface area contributed by atoms with E-state index in [1.54, 1.807) is 6.20 Å². The number of anilines is 1. The molecule has 0 unspecified atom stereocenters. The molecule has 3 rings (SSSR count). The third-order valence-corrected chi connectivity index (χ3v) is 5.93. The van der Waals surface area contributed by atoms with Crippen LogP contribution in [-0.2, 0) is 0 Å². The van der Waals surface area contributed by atoms with Crippen LogP contribution in [-0.4, -0.2) is 95.5 Å². The fourth-order valence-corrected chi connectivity index (χ4v) is 4.09. The van der Waals surface area contributed by atoms with Crippen LogP contribution in [0.2, 0.25) is 0 Å². The maximum atomic E-state index is 13.1. The predicted molar refractivity (Wildman–Crippen MR) is 108 cm³/mol. The standard InChI is InChI=1S/C20H34N6O/c1-6-17-14-25(11-12-26(17)15(2)3)19(27)18-13-21-20(22-16(18)4)24-9-7-23(5)8-10-24/h13,15,17H,6-12,14H2,1-5H3/t17-/m0/s1. The largest absolute Gasteiger partial charge is 0.338 e. The number of nitrogens with zero attached hydrogens (tertiary/aromatic N) is 6. The molecule has 0 radical (unpaired) electrons. The Kier molecular flexibility index (Phi) is 6.32. The van der Waals surface area contributed by atoms with Gasteiger partial charge in [0.05, 0.1) is 11.3 Å². The van der Waals surface area contributed by atoms with E-state index >= 15 is 0 Å². The number of aryl methyl sites for hydroxylation is 1. The molecule has 2 aliphatic heterocycles. The zero-order valence-corrected chi connectivity index (χ0v) is 17.5. The second-order valence-corrected chi connectivity index (χ2v) is 8.10. The first-order chi connectivity index (χ1) is 12.9. The highest BCUT2D eigenvalue weighted by molar-refractivity contribution is 5.95. The van der Waals surface area contributed by atoms with Crippen LogP contribution in [0.4, 0.5) is 5.95 Å². The summed E-state index contributed by atoms with van der Waals surface area (Å²) in [4.78, 5) is 31.3. The molecule has 2 aliphatic rings. The van der Waals surface area contributed by atoms with Crippen molar-refractivity contribution in [3.8, 4) is 0 Å². The van der Waals surface area contributed by atoms with Gasteiger partial charge in [-0.25, -0.2) is 9.97 Å². The Labute approximate surface area is 163 Å². The van der Waals surface area contributed by atoms with Crippen molar-refractivity contribution in [2.24, 2.45) is 0 Å². The van der Waals surface area contributed by atoms with Gasteiger partial charge in [-0.15, -0.1) is 0 Å². The van der Waals surface area contributed by atoms with Gasteiger partial charge in [-0.2, -0.15) is 0 Å². The van der Waals surface area contributed by atoms with Gasteiger partial charge in [0.25, 0.3) is 5.91 Å². The molecule has 150 valence electrons. The zero-order valence-electron chi connectivity index (χ0n) is 17.5. The minimum atomic E-state index is 0.0688. The number of rotatable bonds is 4. The van der Waals surface area contributed by atoms with E-state index in [0.29, 0.717) is 17.6 Å². The lowest BCUT2D eigenvalue weighted by molar-refractivity contribution is 0.0370. The summed E-state index contributed by atoms with van der Waals surface area (Å²) in [5.74, 6) is 0.812. The lowest BCUT2D eigenvalue weighted by Crippen LogP contribution is -2.56. The summed E-state index contributed by atoms with van der Waals surface area (Å²) < 4.78 is 0. The van der Waals surface area contributed by atoms with Crippen LogP contribution in [0.1, 0.15) is 43.2 Å². The molecule has 0 N–H and O–H groups in total. The quantitative estimate of drug-likeness (QED) is 0.796. The molecular weight excluding hydrogens is 340 g/mol. The molecule has 27 heavy (non-hydrogen) atoms. The fourth-order valence-electron chi connectivity index (χ4n) is 4.09. The third kappa shape index (κ3) is 4.41. The van der Waals surface area contributed by atoms with Crippen molar-refractivity contribution < 1.29 is 4.79 Å². The molecule has 1 aromatic heterocycles. The summed E-state index contributed by atoms with van der Waals surface area (Å²) in [6, 6.07) is 0.939. The Bertz CT molecular complexity index is 656. The van der Waals surface area contributed by atoms with Crippen LogP contribution >= 0.6 is 0 Å². The van der Waals surface area contributed by atoms with Crippen LogP contribution in [0.15, 0.2) is 6.20 Å². The predicted octanol–water partition coefficient (Wildman–Crippen LogP) is 1.48. The molecule has 1 amide bonds. The molecule has 7 nitrogen and oxygen atoms in total. The number of carbonyl (C=O) groups excluding carboxylic acids is 1. The molecule has 7 heteroatoms. The van der Waals surface area contributed by atoms with E-state index in [4.69, 9.17) is 0 Å². The SMILES string of the molecule is CC[C@H]1CN(C(=O)c2cnc(N3CCN(C)CC3)nc2C)CCN1C(C)C. The summed E-state index contributed by atoms with van der Waals surface area (Å²) in [7, 11) is 2.13. The van der Waals surface area contributed by atoms with Gasteiger partial charge in [0.1, 0.15) is 0 Å². The average Bonchev–Trinajstić information content (AvgIpc) is 2.67. The first-order valence-electron chi connectivity index (χ1n) is 10.2. The van der Waals surface area contributed by atoms with Crippen LogP contribution in [0.3, 0.4) is 0 Å². The Morgan fingerprint density at radius 3 is 2.48 bits per heavy atom. The monoisotopic (exact) mass is 374 g/mol. The Balaban J connectivity index is 1.70. The summed E-state index contributed by atoms with van der Waals surface area (Å²) in [6.07, 6.45) is 2.79. The molecule has 1 aromatic rings. The van der Waals surface area contributed by atoms with Crippen molar-refractivity contribution in [1.82, 2.24) is 24.7 Å². The molecule has 0 aliphatic carbocycles. The summed E-state index contributed by atoms with van der Waals surface area (Å²) in [5.41, 5.74) is 1.42. The normalized spacial score (nSPS) is 22.5. The summed E-state index contributed by atoms with van der Waals surface area (Å²) in [5, 5.41) is 0. The van der Waals surface area contributed by atoms with Crippen molar-refractivity contribution in [1.29, 1.82) is 0 Å². The highest BCUT2D eigenvalue weighted by atomic mass is 16.2. The van der Waals surface area contributed by atoms with Gasteiger partial charge < -0.3 is 14.7 Å². The third-order valence-electron chi connectivity index (χ3n) is 5.93. The second kappa shape index (κ2) is 8.52. The highest BCUT2D eigenvalue weighted by Gasteiger charge is 2.31. The fraction of sp³-hybridized carbons (Fsp3) is 0.750. The van der Waals surface area contributed by atoms with E-state index in [1.165, 1.54) is 0 Å². The maximum Gasteiger partial charge on any atom is 0.257 e. The Hall–Kier alpha value is -1.73. The topological polar surface area (TPSA) is 55.8 Å². The number of hydrogen-bond donors (Lipinski definition) is 0. The molecule has 2 fully saturated rings. The highest BCUT2D eigenvalue weighted by Crippen LogP contribution is 2.20. The molecular formula is C20H34N6O. The number of likely N-dealkylation sites (N-methyl/N-ethyl adjacent to an activating group) is 1. The maximum absolute atomic E-state index is 13.1. The van der Waals surface area contributed by atoms with Gasteiger partial charge in [-0.05, 0) is 34.2 Å². The number of hydrogen-bond acceptors (Lipinski definition) is 6. The molecule has 2 saturated heterocycles. The Morgan fingerprint density at radius 1 is 1.19 bits per heavy atom. The second-order valence-electron chi connectivity index (χ2n) is 8.10. The minimum Gasteiger partial charge on any atom is -0.338 e. The van der Waals surface area contributed by atoms with Crippen LogP contribution in [0.5, 0.6) is 0 Å². The van der Waals surface area contributed by atoms with E-state index < -0.39 is 0 Å². The first-order valence-corrected chi connectivity index (χ1v) is 10.2. The van der Waals surface area contributed by atoms with Crippen molar-refractivity contribution in [3.63, 3.8) is 0 Å². The lowest BCUT2D eigenvalue weighted by atomic mass is 10.1. The number of aromatic nitrogens is 2. The molecule has 1 atom stereocenters.